The summed E-state index contributed by atoms with van der Waals surface area (Å²) in [4.78, 5) is 58.4. The molecule has 0 radical (unpaired) electrons. The summed E-state index contributed by atoms with van der Waals surface area (Å²) in [6.45, 7) is 6.70. The maximum Gasteiger partial charge on any atom is 0.258 e. The van der Waals surface area contributed by atoms with Crippen molar-refractivity contribution in [3.05, 3.63) is 106 Å². The van der Waals surface area contributed by atoms with Crippen molar-refractivity contribution < 1.29 is 52.3 Å². The molecule has 362 valence electrons. The fourth-order valence-electron chi connectivity index (χ4n) is 7.93. The molecule has 7 rings (SSSR count). The number of hydrogen-bond donors (Lipinski definition) is 1. The van der Waals surface area contributed by atoms with Gasteiger partial charge in [0.1, 0.15) is 23.4 Å². The third-order valence-corrected chi connectivity index (χ3v) is 12.9. The van der Waals surface area contributed by atoms with Gasteiger partial charge >= 0.3 is 0 Å². The molecule has 2 aliphatic heterocycles. The lowest BCUT2D eigenvalue weighted by molar-refractivity contribution is -0.139. The quantitative estimate of drug-likeness (QED) is 0.0439. The molecule has 68 heavy (non-hydrogen) atoms. The molecule has 4 heterocycles. The van der Waals surface area contributed by atoms with Crippen LogP contribution in [-0.4, -0.2) is 131 Å². The van der Waals surface area contributed by atoms with E-state index in [2.05, 4.69) is 10.3 Å². The van der Waals surface area contributed by atoms with Crippen LogP contribution in [0.3, 0.4) is 0 Å². The van der Waals surface area contributed by atoms with Gasteiger partial charge in [0, 0.05) is 72.5 Å². The van der Waals surface area contributed by atoms with Gasteiger partial charge in [0.15, 0.2) is 6.61 Å². The van der Waals surface area contributed by atoms with E-state index in [4.69, 9.17) is 44.8 Å². The Hall–Kier alpha value is -5.62. The van der Waals surface area contributed by atoms with E-state index in [1.165, 1.54) is 21.8 Å². The number of ether oxygens (including phenoxy) is 7. The average molecular weight is 972 g/mol. The number of benzene rings is 3. The van der Waals surface area contributed by atoms with Crippen LogP contribution in [0.2, 0.25) is 5.02 Å². The number of methoxy groups -OCH3 is 1. The third kappa shape index (κ3) is 14.7. The number of nitrogens with zero attached hydrogens (tertiary/aromatic N) is 3. The van der Waals surface area contributed by atoms with E-state index >= 15 is 0 Å². The predicted octanol–water partition coefficient (Wildman–Crippen LogP) is 7.20. The molecule has 0 atom stereocenters. The molecule has 0 unspecified atom stereocenters. The second kappa shape index (κ2) is 25.7. The standard InChI is InChI=1S/C51H59ClN4O11S/c1-35-29-38(52)31-44(43-13-17-53-45-32-42(68-51(43)45)33-56-48(59)11-12-49(56)60)50(35)67-41-14-19-55(20-15-41)47(58)16-21-62-23-25-64-27-28-65-26-24-63-22-18-54-46(57)34-66-40-9-5-37(6-10-40)30-36-3-7-39(61-2)8-4-36/h3-10,13,17,29,31-32,41H,11-12,14-16,18-28,30,33-34H2,1-2H3,(H,54,57). The molecule has 2 aromatic heterocycles. The fourth-order valence-corrected chi connectivity index (χ4v) is 9.34. The minimum Gasteiger partial charge on any atom is -0.497 e. The number of aryl methyl sites for hydroxylation is 1. The van der Waals surface area contributed by atoms with Crippen LogP contribution in [0.4, 0.5) is 0 Å². The first-order valence-electron chi connectivity index (χ1n) is 23.0. The highest BCUT2D eigenvalue weighted by Gasteiger charge is 2.30. The van der Waals surface area contributed by atoms with Crippen molar-refractivity contribution in [3.63, 3.8) is 0 Å². The number of thiophene rings is 1. The normalized spacial score (nSPS) is 14.2. The summed E-state index contributed by atoms with van der Waals surface area (Å²) in [6.07, 6.45) is 4.60. The van der Waals surface area contributed by atoms with Crippen molar-refractivity contribution in [2.24, 2.45) is 0 Å². The number of carbonyl (C=O) groups excluding carboxylic acids is 4. The largest absolute Gasteiger partial charge is 0.497 e. The highest BCUT2D eigenvalue weighted by molar-refractivity contribution is 7.19. The van der Waals surface area contributed by atoms with E-state index < -0.39 is 0 Å². The summed E-state index contributed by atoms with van der Waals surface area (Å²) in [6, 6.07) is 23.3. The zero-order valence-electron chi connectivity index (χ0n) is 38.6. The van der Waals surface area contributed by atoms with Crippen LogP contribution in [-0.2, 0) is 51.1 Å². The van der Waals surface area contributed by atoms with Crippen molar-refractivity contribution in [2.75, 3.05) is 86.2 Å². The van der Waals surface area contributed by atoms with Crippen LogP contribution in [0, 0.1) is 6.92 Å². The Morgan fingerprint density at radius 3 is 2.04 bits per heavy atom. The van der Waals surface area contributed by atoms with Gasteiger partial charge in [-0.05, 0) is 78.6 Å². The van der Waals surface area contributed by atoms with Gasteiger partial charge in [0.05, 0.1) is 83.1 Å². The summed E-state index contributed by atoms with van der Waals surface area (Å²) < 4.78 is 40.8. The van der Waals surface area contributed by atoms with Crippen LogP contribution in [0.15, 0.2) is 79.0 Å². The summed E-state index contributed by atoms with van der Waals surface area (Å²) in [7, 11) is 1.65. The number of likely N-dealkylation sites (tertiary alicyclic amines) is 2. The minimum absolute atomic E-state index is 0.0454. The molecule has 0 saturated carbocycles. The van der Waals surface area contributed by atoms with Gasteiger partial charge in [-0.2, -0.15) is 0 Å². The SMILES string of the molecule is COc1ccc(Cc2ccc(OCC(=O)NCCOCCOCCOCCOCCC(=O)N3CCC(Oc4c(C)cc(Cl)cc4-c4ccnc5cc(CN6C(=O)CCC6=O)sc45)CC3)cc2)cc1. The van der Waals surface area contributed by atoms with E-state index in [-0.39, 0.29) is 62.1 Å². The van der Waals surface area contributed by atoms with Gasteiger partial charge in [0.2, 0.25) is 17.7 Å². The number of nitrogens with one attached hydrogen (secondary N) is 1. The molecule has 0 spiro atoms. The minimum atomic E-state index is -0.224. The maximum absolute atomic E-state index is 13.0. The van der Waals surface area contributed by atoms with Gasteiger partial charge in [-0.1, -0.05) is 35.9 Å². The first-order chi connectivity index (χ1) is 33.1. The Bertz CT molecular complexity index is 2440. The number of piperidine rings is 1. The maximum atomic E-state index is 13.0. The number of rotatable bonds is 26. The van der Waals surface area contributed by atoms with Crippen molar-refractivity contribution in [1.82, 2.24) is 20.1 Å². The number of amides is 4. The van der Waals surface area contributed by atoms with Crippen LogP contribution in [0.1, 0.15) is 53.7 Å². The van der Waals surface area contributed by atoms with Gasteiger partial charge in [0.25, 0.3) is 5.91 Å². The number of carbonyl (C=O) groups is 4. The van der Waals surface area contributed by atoms with Crippen molar-refractivity contribution in [1.29, 1.82) is 0 Å². The summed E-state index contributed by atoms with van der Waals surface area (Å²) >= 11 is 8.10. The van der Waals surface area contributed by atoms with E-state index in [0.29, 0.717) is 96.1 Å². The topological polar surface area (TPSA) is 164 Å². The molecular weight excluding hydrogens is 912 g/mol. The van der Waals surface area contributed by atoms with E-state index in [9.17, 15) is 19.2 Å². The van der Waals surface area contributed by atoms with Crippen LogP contribution < -0.4 is 19.5 Å². The van der Waals surface area contributed by atoms with Crippen LogP contribution in [0.25, 0.3) is 21.3 Å². The predicted molar refractivity (Wildman–Crippen MR) is 258 cm³/mol. The first kappa shape index (κ1) is 50.3. The van der Waals surface area contributed by atoms with Gasteiger partial charge in [-0.25, -0.2) is 0 Å². The third-order valence-electron chi connectivity index (χ3n) is 11.5. The molecule has 3 aromatic carbocycles. The monoisotopic (exact) mass is 970 g/mol. The zero-order chi connectivity index (χ0) is 47.7. The molecule has 0 aliphatic carbocycles. The van der Waals surface area contributed by atoms with Crippen LogP contribution >= 0.6 is 22.9 Å². The lowest BCUT2D eigenvalue weighted by atomic mass is 10.0. The van der Waals surface area contributed by atoms with Crippen molar-refractivity contribution in [3.8, 4) is 28.4 Å². The highest BCUT2D eigenvalue weighted by Crippen LogP contribution is 2.42. The number of hydrogen-bond acceptors (Lipinski definition) is 13. The molecule has 4 amide bonds. The second-order valence-corrected chi connectivity index (χ2v) is 18.0. The highest BCUT2D eigenvalue weighted by atomic mass is 35.5. The number of aromatic nitrogens is 1. The molecule has 2 saturated heterocycles. The van der Waals surface area contributed by atoms with E-state index in [1.807, 2.05) is 84.6 Å². The Morgan fingerprint density at radius 2 is 1.40 bits per heavy atom. The summed E-state index contributed by atoms with van der Waals surface area (Å²) in [5.74, 6) is 1.72. The van der Waals surface area contributed by atoms with Gasteiger partial charge in [-0.15, -0.1) is 11.3 Å². The number of imide groups is 1. The fraction of sp³-hybridized carbons (Fsp3) is 0.431. The summed E-state index contributed by atoms with van der Waals surface area (Å²) in [5, 5.41) is 3.37. The molecule has 2 aliphatic rings. The Labute approximate surface area is 405 Å². The molecule has 0 bridgehead atoms. The molecule has 2 fully saturated rings. The van der Waals surface area contributed by atoms with E-state index in [0.717, 1.165) is 55.3 Å². The molecular formula is C51H59ClN4O11S. The Balaban J connectivity index is 0.695. The lowest BCUT2D eigenvalue weighted by Gasteiger charge is -2.33. The Morgan fingerprint density at radius 1 is 0.779 bits per heavy atom. The number of pyridine rings is 1. The summed E-state index contributed by atoms with van der Waals surface area (Å²) in [5.41, 5.74) is 5.76. The molecule has 1 N–H and O–H groups in total. The molecule has 5 aromatic rings. The van der Waals surface area contributed by atoms with E-state index in [1.54, 1.807) is 13.3 Å². The first-order valence-corrected chi connectivity index (χ1v) is 24.2. The van der Waals surface area contributed by atoms with Crippen molar-refractivity contribution in [2.45, 2.75) is 58.1 Å². The number of fused-ring (bicyclic) bond motifs is 1. The zero-order valence-corrected chi connectivity index (χ0v) is 40.2. The van der Waals surface area contributed by atoms with Gasteiger partial charge in [-0.3, -0.25) is 29.1 Å². The Kier molecular flexibility index (Phi) is 19.0. The molecule has 17 heteroatoms. The smallest absolute Gasteiger partial charge is 0.258 e. The lowest BCUT2D eigenvalue weighted by Crippen LogP contribution is -2.42. The average Bonchev–Trinajstić information content (AvgIpc) is 3.91. The van der Waals surface area contributed by atoms with Crippen LogP contribution in [0.5, 0.6) is 17.2 Å². The number of halogens is 1. The second-order valence-electron chi connectivity index (χ2n) is 16.5. The van der Waals surface area contributed by atoms with Gasteiger partial charge < -0.3 is 43.4 Å². The van der Waals surface area contributed by atoms with Crippen molar-refractivity contribution >= 4 is 56.8 Å². The molecule has 15 nitrogen and oxygen atoms in total.